The highest BCUT2D eigenvalue weighted by Crippen LogP contribution is 2.43. The van der Waals surface area contributed by atoms with E-state index in [1.54, 1.807) is 11.1 Å². The largest absolute Gasteiger partial charge is 0.419 e. The van der Waals surface area contributed by atoms with E-state index in [9.17, 15) is 26.3 Å². The lowest BCUT2D eigenvalue weighted by Gasteiger charge is -2.48. The van der Waals surface area contributed by atoms with Crippen LogP contribution in [0.5, 0.6) is 0 Å². The van der Waals surface area contributed by atoms with Gasteiger partial charge in [-0.2, -0.15) is 18.3 Å². The van der Waals surface area contributed by atoms with E-state index in [1.165, 1.54) is 6.20 Å². The topological polar surface area (TPSA) is 63.0 Å². The minimum atomic E-state index is -4.79. The monoisotopic (exact) mass is 457 g/mol. The molecular weight excluding hydrogens is 440 g/mol. The van der Waals surface area contributed by atoms with Gasteiger partial charge in [-0.1, -0.05) is 0 Å². The second kappa shape index (κ2) is 7.20. The maximum Gasteiger partial charge on any atom is 0.419 e. The van der Waals surface area contributed by atoms with E-state index in [1.807, 2.05) is 4.90 Å². The number of rotatable bonds is 4. The third kappa shape index (κ3) is 3.58. The summed E-state index contributed by atoms with van der Waals surface area (Å²) in [5, 5.41) is 3.91. The molecule has 5 rings (SSSR count). The van der Waals surface area contributed by atoms with E-state index in [0.29, 0.717) is 43.7 Å². The van der Waals surface area contributed by atoms with Crippen LogP contribution in [0.1, 0.15) is 12.0 Å². The molecule has 3 aromatic heterocycles. The molecule has 0 unspecified atom stereocenters. The van der Waals surface area contributed by atoms with E-state index in [4.69, 9.17) is 0 Å². The van der Waals surface area contributed by atoms with E-state index < -0.39 is 30.5 Å². The van der Waals surface area contributed by atoms with Gasteiger partial charge in [-0.15, -0.1) is 0 Å². The summed E-state index contributed by atoms with van der Waals surface area (Å²) in [5.74, 6) is -0.786. The molecule has 0 aromatic carbocycles. The van der Waals surface area contributed by atoms with Gasteiger partial charge in [-0.25, -0.2) is 32.8 Å². The zero-order valence-corrected chi connectivity index (χ0v) is 16.5. The van der Waals surface area contributed by atoms with Gasteiger partial charge >= 0.3 is 6.18 Å². The smallest absolute Gasteiger partial charge is 0.355 e. The van der Waals surface area contributed by atoms with Crippen LogP contribution in [-0.4, -0.2) is 57.3 Å². The average molecular weight is 457 g/mol. The first kappa shape index (κ1) is 20.8. The molecule has 5 heterocycles. The van der Waals surface area contributed by atoms with Gasteiger partial charge in [0.2, 0.25) is 0 Å². The number of alkyl halides is 5. The molecule has 0 amide bonds. The van der Waals surface area contributed by atoms with Crippen LogP contribution in [0.4, 0.5) is 38.0 Å². The fraction of sp³-hybridized carbons (Fsp3) is 0.474. The van der Waals surface area contributed by atoms with Crippen LogP contribution >= 0.6 is 0 Å². The van der Waals surface area contributed by atoms with Gasteiger partial charge in [-0.3, -0.25) is 0 Å². The fourth-order valence-corrected chi connectivity index (χ4v) is 4.39. The number of halogens is 6. The van der Waals surface area contributed by atoms with Crippen molar-refractivity contribution in [1.82, 2.24) is 24.7 Å². The molecule has 2 aliphatic rings. The van der Waals surface area contributed by atoms with Crippen molar-refractivity contribution in [1.29, 1.82) is 0 Å². The Labute approximate surface area is 177 Å². The second-order valence-corrected chi connectivity index (χ2v) is 8.20. The lowest BCUT2D eigenvalue weighted by molar-refractivity contribution is -0.140. The first-order valence-corrected chi connectivity index (χ1v) is 9.83. The quantitative estimate of drug-likeness (QED) is 0.560. The molecule has 2 aliphatic heterocycles. The van der Waals surface area contributed by atoms with Crippen LogP contribution in [-0.2, 0) is 12.7 Å². The van der Waals surface area contributed by atoms with Crippen LogP contribution < -0.4 is 9.80 Å². The standard InChI is InChI=1S/C19H17F6N7/c20-12-4-27-15(3-11(12)19(23,24)25)31-9-18(10-31)1-2-30(8-18)16-6-26-13-5-28-32(7-14(21)22)17(13)29-16/h3-6,14H,1-2,7-10H2. The molecule has 13 heteroatoms. The molecule has 0 saturated carbocycles. The summed E-state index contributed by atoms with van der Waals surface area (Å²) >= 11 is 0. The highest BCUT2D eigenvalue weighted by atomic mass is 19.4. The number of fused-ring (bicyclic) bond motifs is 1. The molecule has 0 atom stereocenters. The zero-order valence-electron chi connectivity index (χ0n) is 16.5. The van der Waals surface area contributed by atoms with Gasteiger partial charge in [-0.05, 0) is 12.5 Å². The van der Waals surface area contributed by atoms with E-state index in [-0.39, 0.29) is 16.9 Å². The van der Waals surface area contributed by atoms with Crippen molar-refractivity contribution in [3.8, 4) is 0 Å². The Morgan fingerprint density at radius 2 is 1.75 bits per heavy atom. The summed E-state index contributed by atoms with van der Waals surface area (Å²) in [6, 6.07) is 0.735. The zero-order chi connectivity index (χ0) is 22.7. The van der Waals surface area contributed by atoms with Crippen molar-refractivity contribution in [2.75, 3.05) is 36.0 Å². The lowest BCUT2D eigenvalue weighted by Crippen LogP contribution is -2.58. The Morgan fingerprint density at radius 3 is 2.47 bits per heavy atom. The lowest BCUT2D eigenvalue weighted by atomic mass is 9.79. The third-order valence-electron chi connectivity index (χ3n) is 5.93. The Bertz CT molecular complexity index is 1150. The van der Waals surface area contributed by atoms with E-state index in [2.05, 4.69) is 20.1 Å². The van der Waals surface area contributed by atoms with Gasteiger partial charge < -0.3 is 9.80 Å². The van der Waals surface area contributed by atoms with Crippen LogP contribution in [0.15, 0.2) is 24.7 Å². The highest BCUT2D eigenvalue weighted by Gasteiger charge is 2.49. The highest BCUT2D eigenvalue weighted by molar-refractivity contribution is 5.71. The van der Waals surface area contributed by atoms with E-state index >= 15 is 0 Å². The minimum Gasteiger partial charge on any atom is -0.355 e. The molecule has 0 bridgehead atoms. The Balaban J connectivity index is 1.30. The molecule has 0 radical (unpaired) electrons. The SMILES string of the molecule is Fc1cnc(N2CC3(CCN(c4cnc5cnn(CC(F)F)c5n4)C3)C2)cc1C(F)(F)F. The summed E-state index contributed by atoms with van der Waals surface area (Å²) in [7, 11) is 0. The van der Waals surface area contributed by atoms with Gasteiger partial charge in [0.1, 0.15) is 23.7 Å². The molecule has 2 saturated heterocycles. The molecule has 2 fully saturated rings. The van der Waals surface area contributed by atoms with Crippen molar-refractivity contribution < 1.29 is 26.3 Å². The van der Waals surface area contributed by atoms with E-state index in [0.717, 1.165) is 17.2 Å². The molecule has 0 N–H and O–H groups in total. The summed E-state index contributed by atoms with van der Waals surface area (Å²) < 4.78 is 79.1. The second-order valence-electron chi connectivity index (χ2n) is 8.20. The number of aromatic nitrogens is 5. The predicted molar refractivity (Wildman–Crippen MR) is 102 cm³/mol. The Kier molecular flexibility index (Phi) is 4.67. The third-order valence-corrected chi connectivity index (χ3v) is 5.93. The molecule has 170 valence electrons. The van der Waals surface area contributed by atoms with Gasteiger partial charge in [0.05, 0.1) is 24.2 Å². The predicted octanol–water partition coefficient (Wildman–Crippen LogP) is 3.36. The molecule has 32 heavy (non-hydrogen) atoms. The number of pyridine rings is 1. The van der Waals surface area contributed by atoms with Crippen LogP contribution in [0.3, 0.4) is 0 Å². The van der Waals surface area contributed by atoms with Crippen molar-refractivity contribution in [3.63, 3.8) is 0 Å². The van der Waals surface area contributed by atoms with Crippen LogP contribution in [0.25, 0.3) is 11.2 Å². The number of hydrogen-bond donors (Lipinski definition) is 0. The number of hydrogen-bond acceptors (Lipinski definition) is 6. The summed E-state index contributed by atoms with van der Waals surface area (Å²) in [5.41, 5.74) is -0.815. The first-order chi connectivity index (χ1) is 15.1. The van der Waals surface area contributed by atoms with Crippen molar-refractivity contribution in [2.24, 2.45) is 5.41 Å². The molecule has 7 nitrogen and oxygen atoms in total. The van der Waals surface area contributed by atoms with Crippen molar-refractivity contribution in [2.45, 2.75) is 25.6 Å². The minimum absolute atomic E-state index is 0.0833. The van der Waals surface area contributed by atoms with Crippen LogP contribution in [0, 0.1) is 11.2 Å². The molecule has 0 aliphatic carbocycles. The Morgan fingerprint density at radius 1 is 1.00 bits per heavy atom. The molecule has 3 aromatic rings. The van der Waals surface area contributed by atoms with Crippen molar-refractivity contribution >= 4 is 22.8 Å². The average Bonchev–Trinajstić information content (AvgIpc) is 3.31. The normalized spacial score (nSPS) is 18.2. The molecule has 1 spiro atoms. The number of nitrogens with zero attached hydrogens (tertiary/aromatic N) is 7. The fourth-order valence-electron chi connectivity index (χ4n) is 4.39. The first-order valence-electron chi connectivity index (χ1n) is 9.83. The van der Waals surface area contributed by atoms with Gasteiger partial charge in [0, 0.05) is 31.6 Å². The van der Waals surface area contributed by atoms with Gasteiger partial charge in [0.25, 0.3) is 6.43 Å². The summed E-state index contributed by atoms with van der Waals surface area (Å²) in [4.78, 5) is 16.2. The van der Waals surface area contributed by atoms with Crippen LogP contribution in [0.2, 0.25) is 0 Å². The summed E-state index contributed by atoms with van der Waals surface area (Å²) in [6.45, 7) is 1.59. The Hall–Kier alpha value is -3.12. The maximum absolute atomic E-state index is 13.5. The molecular formula is C19H17F6N7. The maximum atomic E-state index is 13.5. The van der Waals surface area contributed by atoms with Crippen molar-refractivity contribution in [3.05, 3.63) is 36.0 Å². The summed E-state index contributed by atoms with van der Waals surface area (Å²) in [6.07, 6.45) is -3.05. The van der Waals surface area contributed by atoms with Gasteiger partial charge in [0.15, 0.2) is 11.5 Å². The number of anilines is 2.